The topological polar surface area (TPSA) is 43.6 Å². The molecule has 9 aromatic rings. The van der Waals surface area contributed by atoms with Gasteiger partial charge in [0.05, 0.1) is 22.1 Å². The lowest BCUT2D eigenvalue weighted by Gasteiger charge is -2.42. The Morgan fingerprint density at radius 2 is 0.923 bits per heavy atom. The third-order valence-corrected chi connectivity index (χ3v) is 10.7. The van der Waals surface area contributed by atoms with Crippen LogP contribution in [0.25, 0.3) is 61.7 Å². The first-order valence-corrected chi connectivity index (χ1v) is 17.8. The minimum Gasteiger partial charge on any atom is -0.308 e. The van der Waals surface area contributed by atoms with Crippen LogP contribution in [0.3, 0.4) is 0 Å². The minimum absolute atomic E-state index is 0.631. The lowest BCUT2D eigenvalue weighted by Crippen LogP contribution is -2.35. The van der Waals surface area contributed by atoms with Crippen molar-refractivity contribution in [3.63, 3.8) is 0 Å². The SMILES string of the molecule is Cc1ccc(C2(c3ccc(C)cc3)c3cccc(-c4nc(-c5ccccc5)nc(-c5ccccc5)n4)c3-n3c4ccccc4c4cccc2c43)cc1. The highest BCUT2D eigenvalue weighted by Gasteiger charge is 2.46. The number of hydrogen-bond acceptors (Lipinski definition) is 3. The predicted octanol–water partition coefficient (Wildman–Crippen LogP) is 11.3. The van der Waals surface area contributed by atoms with Gasteiger partial charge >= 0.3 is 0 Å². The van der Waals surface area contributed by atoms with Gasteiger partial charge < -0.3 is 4.57 Å². The maximum Gasteiger partial charge on any atom is 0.166 e. The van der Waals surface area contributed by atoms with Gasteiger partial charge in [-0.1, -0.05) is 169 Å². The maximum absolute atomic E-state index is 5.27. The van der Waals surface area contributed by atoms with Crippen molar-refractivity contribution in [2.24, 2.45) is 0 Å². The zero-order chi connectivity index (χ0) is 34.8. The smallest absolute Gasteiger partial charge is 0.166 e. The van der Waals surface area contributed by atoms with Crippen LogP contribution in [-0.2, 0) is 5.41 Å². The van der Waals surface area contributed by atoms with Crippen LogP contribution >= 0.6 is 0 Å². The summed E-state index contributed by atoms with van der Waals surface area (Å²) < 4.78 is 2.47. The van der Waals surface area contributed by atoms with Gasteiger partial charge in [-0.05, 0) is 48.2 Å². The largest absolute Gasteiger partial charge is 0.308 e. The molecule has 246 valence electrons. The first-order chi connectivity index (χ1) is 25.6. The molecular weight excluding hydrogens is 633 g/mol. The summed E-state index contributed by atoms with van der Waals surface area (Å²) in [6, 6.07) is 60.9. The minimum atomic E-state index is -0.631. The molecule has 0 unspecified atom stereocenters. The fourth-order valence-electron chi connectivity index (χ4n) is 8.29. The molecular formula is C48H34N4. The second kappa shape index (κ2) is 11.7. The summed E-state index contributed by atoms with van der Waals surface area (Å²) in [6.07, 6.45) is 0. The van der Waals surface area contributed by atoms with E-state index in [-0.39, 0.29) is 0 Å². The van der Waals surface area contributed by atoms with E-state index in [1.165, 1.54) is 49.7 Å². The molecule has 0 atom stereocenters. The van der Waals surface area contributed by atoms with Gasteiger partial charge in [-0.3, -0.25) is 0 Å². The van der Waals surface area contributed by atoms with Crippen LogP contribution in [0.2, 0.25) is 0 Å². The molecule has 10 rings (SSSR count). The van der Waals surface area contributed by atoms with Crippen molar-refractivity contribution in [3.05, 3.63) is 203 Å². The number of para-hydroxylation sites is 3. The van der Waals surface area contributed by atoms with Crippen LogP contribution in [0.4, 0.5) is 0 Å². The highest BCUT2D eigenvalue weighted by molar-refractivity contribution is 6.12. The van der Waals surface area contributed by atoms with Gasteiger partial charge in [-0.2, -0.15) is 0 Å². The highest BCUT2D eigenvalue weighted by Crippen LogP contribution is 2.55. The number of benzene rings is 7. The van der Waals surface area contributed by atoms with Gasteiger partial charge in [0.15, 0.2) is 17.5 Å². The molecule has 1 aliphatic heterocycles. The lowest BCUT2D eigenvalue weighted by molar-refractivity contribution is 0.727. The number of hydrogen-bond donors (Lipinski definition) is 0. The Bertz CT molecular complexity index is 2680. The Labute approximate surface area is 302 Å². The molecule has 0 aliphatic carbocycles. The molecule has 0 fully saturated rings. The summed E-state index contributed by atoms with van der Waals surface area (Å²) in [5, 5.41) is 2.44. The van der Waals surface area contributed by atoms with E-state index in [2.05, 4.69) is 152 Å². The van der Waals surface area contributed by atoms with Gasteiger partial charge in [0, 0.05) is 27.5 Å². The molecule has 4 heteroatoms. The van der Waals surface area contributed by atoms with Crippen LogP contribution in [-0.4, -0.2) is 19.5 Å². The van der Waals surface area contributed by atoms with Crippen molar-refractivity contribution < 1.29 is 0 Å². The zero-order valence-corrected chi connectivity index (χ0v) is 29.0. The van der Waals surface area contributed by atoms with E-state index in [4.69, 9.17) is 15.0 Å². The third kappa shape index (κ3) is 4.44. The molecule has 2 aromatic heterocycles. The normalized spacial score (nSPS) is 13.0. The standard InChI is InChI=1S/C48H34N4/c1-31-23-27-35(28-24-31)48(36-29-25-32(2)26-30-36)40-20-11-18-38-37-17-9-10-22-42(37)52(43(38)40)44-39(19-12-21-41(44)48)47-50-45(33-13-5-3-6-14-33)49-46(51-47)34-15-7-4-8-16-34/h3-30H,1-2H3. The second-order valence-electron chi connectivity index (χ2n) is 13.8. The van der Waals surface area contributed by atoms with E-state index in [0.717, 1.165) is 27.9 Å². The molecule has 0 saturated carbocycles. The average Bonchev–Trinajstić information content (AvgIpc) is 3.54. The Balaban J connectivity index is 1.39. The number of aromatic nitrogens is 4. The van der Waals surface area contributed by atoms with Crippen molar-refractivity contribution in [3.8, 4) is 39.9 Å². The second-order valence-corrected chi connectivity index (χ2v) is 13.8. The molecule has 0 spiro atoms. The Morgan fingerprint density at radius 1 is 0.423 bits per heavy atom. The van der Waals surface area contributed by atoms with Gasteiger partial charge in [0.1, 0.15) is 0 Å². The lowest BCUT2D eigenvalue weighted by atomic mass is 9.62. The van der Waals surface area contributed by atoms with Crippen LogP contribution < -0.4 is 0 Å². The Hall–Kier alpha value is -6.65. The van der Waals surface area contributed by atoms with E-state index in [1.807, 2.05) is 36.4 Å². The van der Waals surface area contributed by atoms with Crippen LogP contribution in [0, 0.1) is 13.8 Å². The van der Waals surface area contributed by atoms with Crippen molar-refractivity contribution in [1.29, 1.82) is 0 Å². The van der Waals surface area contributed by atoms with Crippen molar-refractivity contribution >= 4 is 21.8 Å². The number of aryl methyl sites for hydroxylation is 2. The van der Waals surface area contributed by atoms with Gasteiger partial charge in [0.2, 0.25) is 0 Å². The van der Waals surface area contributed by atoms with E-state index in [0.29, 0.717) is 17.5 Å². The first kappa shape index (κ1) is 30.2. The summed E-state index contributed by atoms with van der Waals surface area (Å²) in [5.74, 6) is 1.92. The number of fused-ring (bicyclic) bond motifs is 5. The molecule has 0 N–H and O–H groups in total. The molecule has 52 heavy (non-hydrogen) atoms. The predicted molar refractivity (Wildman–Crippen MR) is 212 cm³/mol. The van der Waals surface area contributed by atoms with Gasteiger partial charge in [0.25, 0.3) is 0 Å². The molecule has 7 aromatic carbocycles. The molecule has 0 amide bonds. The molecule has 3 heterocycles. The van der Waals surface area contributed by atoms with Crippen LogP contribution in [0.5, 0.6) is 0 Å². The van der Waals surface area contributed by atoms with Crippen molar-refractivity contribution in [2.45, 2.75) is 19.3 Å². The van der Waals surface area contributed by atoms with Crippen molar-refractivity contribution in [1.82, 2.24) is 19.5 Å². The fourth-order valence-corrected chi connectivity index (χ4v) is 8.29. The quantitative estimate of drug-likeness (QED) is 0.184. The van der Waals surface area contributed by atoms with Crippen molar-refractivity contribution in [2.75, 3.05) is 0 Å². The Kier molecular flexibility index (Phi) is 6.80. The third-order valence-electron chi connectivity index (χ3n) is 10.7. The Morgan fingerprint density at radius 3 is 1.54 bits per heavy atom. The summed E-state index contributed by atoms with van der Waals surface area (Å²) in [6.45, 7) is 4.31. The highest BCUT2D eigenvalue weighted by atomic mass is 15.1. The van der Waals surface area contributed by atoms with E-state index in [9.17, 15) is 0 Å². The van der Waals surface area contributed by atoms with Crippen LogP contribution in [0.1, 0.15) is 33.4 Å². The number of rotatable bonds is 5. The molecule has 0 saturated heterocycles. The van der Waals surface area contributed by atoms with Crippen LogP contribution in [0.15, 0.2) is 170 Å². The molecule has 0 radical (unpaired) electrons. The van der Waals surface area contributed by atoms with E-state index < -0.39 is 5.41 Å². The molecule has 4 nitrogen and oxygen atoms in total. The summed E-state index contributed by atoms with van der Waals surface area (Å²) in [7, 11) is 0. The summed E-state index contributed by atoms with van der Waals surface area (Å²) >= 11 is 0. The zero-order valence-electron chi connectivity index (χ0n) is 29.0. The molecule has 1 aliphatic rings. The maximum atomic E-state index is 5.27. The summed E-state index contributed by atoms with van der Waals surface area (Å²) in [4.78, 5) is 15.6. The van der Waals surface area contributed by atoms with E-state index in [1.54, 1.807) is 0 Å². The van der Waals surface area contributed by atoms with Gasteiger partial charge in [-0.25, -0.2) is 15.0 Å². The first-order valence-electron chi connectivity index (χ1n) is 17.8. The van der Waals surface area contributed by atoms with E-state index >= 15 is 0 Å². The monoisotopic (exact) mass is 666 g/mol. The van der Waals surface area contributed by atoms with Gasteiger partial charge in [-0.15, -0.1) is 0 Å². The summed E-state index contributed by atoms with van der Waals surface area (Å²) in [5.41, 5.74) is 13.0. The average molecular weight is 667 g/mol. The fraction of sp³-hybridized carbons (Fsp3) is 0.0625. The number of nitrogens with zero attached hydrogens (tertiary/aromatic N) is 4. The molecule has 0 bridgehead atoms.